The van der Waals surface area contributed by atoms with E-state index in [0.717, 1.165) is 16.7 Å². The van der Waals surface area contributed by atoms with Gasteiger partial charge in [-0.25, -0.2) is 0 Å². The van der Waals surface area contributed by atoms with E-state index in [-0.39, 0.29) is 25.7 Å². The third-order valence-electron chi connectivity index (χ3n) is 5.98. The molecule has 190 valence electrons. The second-order valence-corrected chi connectivity index (χ2v) is 8.82. The summed E-state index contributed by atoms with van der Waals surface area (Å²) in [6.07, 6.45) is -3.37. The van der Waals surface area contributed by atoms with Crippen LogP contribution in [-0.2, 0) is 43.6 Å². The molecule has 3 aromatic rings. The van der Waals surface area contributed by atoms with Crippen LogP contribution in [-0.4, -0.2) is 48.3 Å². The standard InChI is InChI=1S/C29H33NO6/c1-21(31)30-26-28(34-18-23-13-7-3-8-14-23)27(32)25(20-33-17-22-11-5-2-6-12-22)36-29(26)35-19-24-15-9-4-10-16-24/h2-16,25-29,32H,17-20H2,1H3,(H,30,31)/t25-,26-,27-,28-,29-/m1/s1. The average molecular weight is 492 g/mol. The topological polar surface area (TPSA) is 86.3 Å². The van der Waals surface area contributed by atoms with Crippen LogP contribution < -0.4 is 5.32 Å². The average Bonchev–Trinajstić information content (AvgIpc) is 2.90. The molecule has 7 heteroatoms. The number of benzene rings is 3. The Morgan fingerprint density at radius 2 is 1.31 bits per heavy atom. The SMILES string of the molecule is CC(=O)N[C@H]1[C@H](OCc2ccccc2)O[C@H](COCc2ccccc2)[C@@H](O)[C@@H]1OCc1ccccc1. The first-order valence-corrected chi connectivity index (χ1v) is 12.1. The van der Waals surface area contributed by atoms with E-state index in [1.54, 1.807) is 0 Å². The van der Waals surface area contributed by atoms with E-state index in [9.17, 15) is 9.90 Å². The zero-order valence-corrected chi connectivity index (χ0v) is 20.4. The van der Waals surface area contributed by atoms with Crippen LogP contribution >= 0.6 is 0 Å². The Labute approximate surface area is 212 Å². The van der Waals surface area contributed by atoms with E-state index in [0.29, 0.717) is 6.61 Å². The number of carbonyl (C=O) groups is 1. The Morgan fingerprint density at radius 1 is 0.806 bits per heavy atom. The van der Waals surface area contributed by atoms with Crippen molar-refractivity contribution in [1.82, 2.24) is 5.32 Å². The van der Waals surface area contributed by atoms with Gasteiger partial charge in [0.2, 0.25) is 5.91 Å². The van der Waals surface area contributed by atoms with Gasteiger partial charge >= 0.3 is 0 Å². The van der Waals surface area contributed by atoms with Crippen molar-refractivity contribution in [3.63, 3.8) is 0 Å². The van der Waals surface area contributed by atoms with Gasteiger partial charge in [0.15, 0.2) is 6.29 Å². The minimum absolute atomic E-state index is 0.138. The second kappa shape index (κ2) is 13.3. The third kappa shape index (κ3) is 7.46. The molecule has 1 amide bonds. The number of carbonyl (C=O) groups excluding carboxylic acids is 1. The highest BCUT2D eigenvalue weighted by molar-refractivity contribution is 5.73. The molecule has 1 fully saturated rings. The highest BCUT2D eigenvalue weighted by Crippen LogP contribution is 2.27. The lowest BCUT2D eigenvalue weighted by Crippen LogP contribution is -2.65. The molecule has 0 aliphatic carbocycles. The van der Waals surface area contributed by atoms with Crippen LogP contribution in [0.5, 0.6) is 0 Å². The van der Waals surface area contributed by atoms with Crippen LogP contribution in [0.1, 0.15) is 23.6 Å². The molecule has 5 atom stereocenters. The number of amides is 1. The molecule has 3 aromatic carbocycles. The number of aliphatic hydroxyl groups is 1. The van der Waals surface area contributed by atoms with Crippen LogP contribution in [0.3, 0.4) is 0 Å². The quantitative estimate of drug-likeness (QED) is 0.426. The molecule has 1 saturated heterocycles. The molecule has 2 N–H and O–H groups in total. The fourth-order valence-corrected chi connectivity index (χ4v) is 4.17. The maximum atomic E-state index is 12.1. The van der Waals surface area contributed by atoms with E-state index in [4.69, 9.17) is 18.9 Å². The molecule has 4 rings (SSSR count). The number of ether oxygens (including phenoxy) is 4. The Bertz CT molecular complexity index is 1050. The zero-order chi connectivity index (χ0) is 25.2. The number of nitrogens with one attached hydrogen (secondary N) is 1. The van der Waals surface area contributed by atoms with Crippen molar-refractivity contribution in [1.29, 1.82) is 0 Å². The highest BCUT2D eigenvalue weighted by Gasteiger charge is 2.47. The molecule has 1 aliphatic heterocycles. The van der Waals surface area contributed by atoms with Gasteiger partial charge in [-0.05, 0) is 16.7 Å². The second-order valence-electron chi connectivity index (χ2n) is 8.82. The van der Waals surface area contributed by atoms with Gasteiger partial charge in [-0.3, -0.25) is 4.79 Å². The summed E-state index contributed by atoms with van der Waals surface area (Å²) < 4.78 is 24.4. The smallest absolute Gasteiger partial charge is 0.217 e. The van der Waals surface area contributed by atoms with E-state index in [1.807, 2.05) is 91.0 Å². The van der Waals surface area contributed by atoms with Crippen molar-refractivity contribution in [2.24, 2.45) is 0 Å². The number of hydrogen-bond acceptors (Lipinski definition) is 6. The monoisotopic (exact) mass is 491 g/mol. The summed E-state index contributed by atoms with van der Waals surface area (Å²) in [5, 5.41) is 14.1. The Balaban J connectivity index is 1.49. The van der Waals surface area contributed by atoms with Crippen LogP contribution in [0, 0.1) is 0 Å². The molecule has 36 heavy (non-hydrogen) atoms. The molecular weight excluding hydrogens is 458 g/mol. The van der Waals surface area contributed by atoms with Crippen LogP contribution in [0.4, 0.5) is 0 Å². The fourth-order valence-electron chi connectivity index (χ4n) is 4.17. The summed E-state index contributed by atoms with van der Waals surface area (Å²) in [5.74, 6) is -0.267. The van der Waals surface area contributed by atoms with Gasteiger partial charge in [-0.2, -0.15) is 0 Å². The van der Waals surface area contributed by atoms with Crippen molar-refractivity contribution < 1.29 is 28.8 Å². The van der Waals surface area contributed by atoms with E-state index < -0.39 is 30.6 Å². The Hall–Kier alpha value is -3.07. The predicted octanol–water partition coefficient (Wildman–Crippen LogP) is 3.60. The molecule has 1 aliphatic rings. The van der Waals surface area contributed by atoms with Gasteiger partial charge in [0.25, 0.3) is 0 Å². The van der Waals surface area contributed by atoms with Crippen molar-refractivity contribution in [2.45, 2.75) is 57.4 Å². The molecule has 0 radical (unpaired) electrons. The first kappa shape index (κ1) is 26.0. The van der Waals surface area contributed by atoms with E-state index in [1.165, 1.54) is 6.92 Å². The van der Waals surface area contributed by atoms with Crippen LogP contribution in [0.2, 0.25) is 0 Å². The van der Waals surface area contributed by atoms with Gasteiger partial charge < -0.3 is 29.4 Å². The molecule has 0 unspecified atom stereocenters. The van der Waals surface area contributed by atoms with E-state index >= 15 is 0 Å². The highest BCUT2D eigenvalue weighted by atomic mass is 16.7. The van der Waals surface area contributed by atoms with Gasteiger partial charge in [-0.15, -0.1) is 0 Å². The van der Waals surface area contributed by atoms with Gasteiger partial charge in [0.05, 0.1) is 26.4 Å². The Morgan fingerprint density at radius 3 is 1.83 bits per heavy atom. The van der Waals surface area contributed by atoms with Crippen molar-refractivity contribution in [3.05, 3.63) is 108 Å². The summed E-state index contributed by atoms with van der Waals surface area (Å²) in [5.41, 5.74) is 2.94. The molecule has 0 bridgehead atoms. The molecule has 7 nitrogen and oxygen atoms in total. The maximum Gasteiger partial charge on any atom is 0.217 e. The van der Waals surface area contributed by atoms with Gasteiger partial charge in [0.1, 0.15) is 24.4 Å². The fraction of sp³-hybridized carbons (Fsp3) is 0.345. The lowest BCUT2D eigenvalue weighted by Gasteiger charge is -2.44. The van der Waals surface area contributed by atoms with Crippen molar-refractivity contribution in [2.75, 3.05) is 6.61 Å². The summed E-state index contributed by atoms with van der Waals surface area (Å²) in [6, 6.07) is 28.5. The summed E-state index contributed by atoms with van der Waals surface area (Å²) >= 11 is 0. The third-order valence-corrected chi connectivity index (χ3v) is 5.98. The first-order valence-electron chi connectivity index (χ1n) is 12.1. The largest absolute Gasteiger partial charge is 0.388 e. The van der Waals surface area contributed by atoms with Crippen molar-refractivity contribution in [3.8, 4) is 0 Å². The minimum atomic E-state index is -1.04. The van der Waals surface area contributed by atoms with E-state index in [2.05, 4.69) is 5.32 Å². The lowest BCUT2D eigenvalue weighted by molar-refractivity contribution is -0.284. The van der Waals surface area contributed by atoms with Crippen molar-refractivity contribution >= 4 is 5.91 Å². The van der Waals surface area contributed by atoms with Crippen LogP contribution in [0.15, 0.2) is 91.0 Å². The lowest BCUT2D eigenvalue weighted by atomic mass is 9.96. The Kier molecular flexibility index (Phi) is 9.61. The first-order chi connectivity index (χ1) is 17.6. The number of rotatable bonds is 11. The van der Waals surface area contributed by atoms with Gasteiger partial charge in [0, 0.05) is 6.92 Å². The number of aliphatic hydroxyl groups excluding tert-OH is 1. The normalized spacial score (nSPS) is 23.8. The molecule has 0 spiro atoms. The molecular formula is C29H33NO6. The minimum Gasteiger partial charge on any atom is -0.388 e. The summed E-state index contributed by atoms with van der Waals surface area (Å²) in [4.78, 5) is 12.1. The van der Waals surface area contributed by atoms with Gasteiger partial charge in [-0.1, -0.05) is 91.0 Å². The number of hydrogen-bond donors (Lipinski definition) is 2. The molecule has 0 aromatic heterocycles. The summed E-state index contributed by atoms with van der Waals surface area (Å²) in [7, 11) is 0. The van der Waals surface area contributed by atoms with Crippen LogP contribution in [0.25, 0.3) is 0 Å². The summed E-state index contributed by atoms with van der Waals surface area (Å²) in [6.45, 7) is 2.49. The maximum absolute atomic E-state index is 12.1. The molecule has 1 heterocycles. The molecule has 0 saturated carbocycles. The zero-order valence-electron chi connectivity index (χ0n) is 20.4. The predicted molar refractivity (Wildman–Crippen MR) is 135 cm³/mol.